The molecule has 21 heavy (non-hydrogen) atoms. The van der Waals surface area contributed by atoms with Gasteiger partial charge < -0.3 is 14.6 Å². The molecular weight excluding hydrogens is 272 g/mol. The number of likely N-dealkylation sites (tertiary alicyclic amines) is 1. The van der Waals surface area contributed by atoms with Crippen LogP contribution in [0.5, 0.6) is 0 Å². The number of nitrogens with zero attached hydrogens (tertiary/aromatic N) is 1. The quantitative estimate of drug-likeness (QED) is 0.834. The van der Waals surface area contributed by atoms with E-state index in [0.29, 0.717) is 13.0 Å². The summed E-state index contributed by atoms with van der Waals surface area (Å²) < 4.78 is 5.35. The van der Waals surface area contributed by atoms with Crippen LogP contribution in [0.3, 0.4) is 0 Å². The van der Waals surface area contributed by atoms with Gasteiger partial charge in [-0.05, 0) is 45.7 Å². The molecule has 1 atom stereocenters. The number of pyridine rings is 1. The van der Waals surface area contributed by atoms with Crippen LogP contribution in [-0.4, -0.2) is 39.9 Å². The van der Waals surface area contributed by atoms with E-state index < -0.39 is 29.1 Å². The number of amides is 1. The van der Waals surface area contributed by atoms with E-state index in [1.807, 2.05) is 0 Å². The summed E-state index contributed by atoms with van der Waals surface area (Å²) in [4.78, 5) is 40.2. The van der Waals surface area contributed by atoms with Crippen LogP contribution in [0.1, 0.15) is 44.0 Å². The van der Waals surface area contributed by atoms with Gasteiger partial charge in [0.05, 0.1) is 0 Å². The minimum atomic E-state index is -0.615. The Kier molecular flexibility index (Phi) is 4.16. The molecule has 114 valence electrons. The Hall–Kier alpha value is -2.11. The highest BCUT2D eigenvalue weighted by atomic mass is 16.6. The Labute approximate surface area is 123 Å². The maximum atomic E-state index is 12.4. The predicted octanol–water partition coefficient (Wildman–Crippen LogP) is 1.32. The Morgan fingerprint density at radius 1 is 1.38 bits per heavy atom. The van der Waals surface area contributed by atoms with Gasteiger partial charge in [-0.15, -0.1) is 0 Å². The maximum Gasteiger partial charge on any atom is 0.329 e. The molecule has 0 radical (unpaired) electrons. The molecule has 1 N–H and O–H groups in total. The summed E-state index contributed by atoms with van der Waals surface area (Å²) in [5, 5.41) is 0. The average molecular weight is 292 g/mol. The minimum Gasteiger partial charge on any atom is -0.458 e. The van der Waals surface area contributed by atoms with Gasteiger partial charge in [0.2, 0.25) is 0 Å². The Bertz CT molecular complexity index is 600. The third-order valence-electron chi connectivity index (χ3n) is 3.24. The molecule has 6 nitrogen and oxygen atoms in total. The number of aromatic nitrogens is 1. The van der Waals surface area contributed by atoms with Gasteiger partial charge in [0.1, 0.15) is 17.2 Å². The van der Waals surface area contributed by atoms with Crippen LogP contribution in [0, 0.1) is 0 Å². The summed E-state index contributed by atoms with van der Waals surface area (Å²) in [5.41, 5.74) is -0.996. The SMILES string of the molecule is CC(C)(C)OC(=O)[C@H]1CCCN1C(=O)c1ccc[nH]c1=O. The molecule has 0 unspecified atom stereocenters. The molecule has 1 fully saturated rings. The first kappa shape index (κ1) is 15.3. The van der Waals surface area contributed by atoms with Crippen LogP contribution in [0.4, 0.5) is 0 Å². The van der Waals surface area contributed by atoms with Crippen molar-refractivity contribution in [1.82, 2.24) is 9.88 Å². The van der Waals surface area contributed by atoms with Crippen molar-refractivity contribution in [3.63, 3.8) is 0 Å². The second kappa shape index (κ2) is 5.71. The number of H-pyrrole nitrogens is 1. The van der Waals surface area contributed by atoms with E-state index in [0.717, 1.165) is 6.42 Å². The lowest BCUT2D eigenvalue weighted by molar-refractivity contribution is -0.159. The molecule has 0 saturated carbocycles. The van der Waals surface area contributed by atoms with Gasteiger partial charge in [-0.1, -0.05) is 0 Å². The van der Waals surface area contributed by atoms with Crippen molar-refractivity contribution in [2.45, 2.75) is 45.3 Å². The average Bonchev–Trinajstić information content (AvgIpc) is 2.85. The highest BCUT2D eigenvalue weighted by Crippen LogP contribution is 2.22. The number of carbonyl (C=O) groups excluding carboxylic acids is 2. The van der Waals surface area contributed by atoms with Crippen molar-refractivity contribution in [2.75, 3.05) is 6.54 Å². The van der Waals surface area contributed by atoms with E-state index in [9.17, 15) is 14.4 Å². The lowest BCUT2D eigenvalue weighted by atomic mass is 10.1. The van der Waals surface area contributed by atoms with Crippen molar-refractivity contribution in [2.24, 2.45) is 0 Å². The van der Waals surface area contributed by atoms with E-state index in [-0.39, 0.29) is 5.56 Å². The molecule has 0 aromatic carbocycles. The molecule has 1 saturated heterocycles. The fourth-order valence-electron chi connectivity index (χ4n) is 2.37. The fraction of sp³-hybridized carbons (Fsp3) is 0.533. The predicted molar refractivity (Wildman–Crippen MR) is 77.0 cm³/mol. The summed E-state index contributed by atoms with van der Waals surface area (Å²) in [6, 6.07) is 2.44. The third-order valence-corrected chi connectivity index (χ3v) is 3.24. The molecule has 0 aliphatic carbocycles. The molecule has 2 heterocycles. The highest BCUT2D eigenvalue weighted by molar-refractivity contribution is 5.96. The lowest BCUT2D eigenvalue weighted by Gasteiger charge is -2.27. The Morgan fingerprint density at radius 3 is 2.71 bits per heavy atom. The van der Waals surface area contributed by atoms with Gasteiger partial charge in [-0.25, -0.2) is 4.79 Å². The van der Waals surface area contributed by atoms with Gasteiger partial charge in [0, 0.05) is 12.7 Å². The van der Waals surface area contributed by atoms with Crippen LogP contribution in [0.15, 0.2) is 23.1 Å². The first-order valence-corrected chi connectivity index (χ1v) is 7.01. The molecule has 0 bridgehead atoms. The van der Waals surface area contributed by atoms with Crippen molar-refractivity contribution >= 4 is 11.9 Å². The molecular formula is C15H20N2O4. The normalized spacial score (nSPS) is 18.6. The summed E-state index contributed by atoms with van der Waals surface area (Å²) in [5.74, 6) is -0.842. The summed E-state index contributed by atoms with van der Waals surface area (Å²) in [7, 11) is 0. The van der Waals surface area contributed by atoms with Gasteiger partial charge in [0.15, 0.2) is 0 Å². The maximum absolute atomic E-state index is 12.4. The molecule has 1 amide bonds. The van der Waals surface area contributed by atoms with E-state index >= 15 is 0 Å². The van der Waals surface area contributed by atoms with E-state index in [2.05, 4.69) is 4.98 Å². The zero-order valence-corrected chi connectivity index (χ0v) is 12.5. The monoisotopic (exact) mass is 292 g/mol. The summed E-state index contributed by atoms with van der Waals surface area (Å²) in [6.45, 7) is 5.81. The standard InChI is InChI=1S/C15H20N2O4/c1-15(2,3)21-14(20)11-7-5-9-17(11)13(19)10-6-4-8-16-12(10)18/h4,6,8,11H,5,7,9H2,1-3H3,(H,16,18)/t11-/m1/s1. The van der Waals surface area contributed by atoms with Gasteiger partial charge in [-0.3, -0.25) is 9.59 Å². The van der Waals surface area contributed by atoms with Gasteiger partial charge in [-0.2, -0.15) is 0 Å². The number of esters is 1. The van der Waals surface area contributed by atoms with Crippen molar-refractivity contribution < 1.29 is 14.3 Å². The number of carbonyl (C=O) groups is 2. The van der Waals surface area contributed by atoms with Gasteiger partial charge in [0.25, 0.3) is 11.5 Å². The lowest BCUT2D eigenvalue weighted by Crippen LogP contribution is -2.44. The molecule has 1 aromatic heterocycles. The number of ether oxygens (including phenoxy) is 1. The van der Waals surface area contributed by atoms with Crippen LogP contribution >= 0.6 is 0 Å². The van der Waals surface area contributed by atoms with E-state index in [1.54, 1.807) is 26.8 Å². The van der Waals surface area contributed by atoms with Crippen molar-refractivity contribution in [1.29, 1.82) is 0 Å². The smallest absolute Gasteiger partial charge is 0.329 e. The number of nitrogens with one attached hydrogen (secondary N) is 1. The van der Waals surface area contributed by atoms with Crippen molar-refractivity contribution in [3.05, 3.63) is 34.2 Å². The summed E-state index contributed by atoms with van der Waals surface area (Å²) in [6.07, 6.45) is 2.75. The molecule has 2 rings (SSSR count). The second-order valence-corrected chi connectivity index (χ2v) is 6.10. The molecule has 1 aromatic rings. The topological polar surface area (TPSA) is 79.5 Å². The Morgan fingerprint density at radius 2 is 2.10 bits per heavy atom. The third kappa shape index (κ3) is 3.51. The first-order chi connectivity index (χ1) is 9.79. The number of hydrogen-bond donors (Lipinski definition) is 1. The van der Waals surface area contributed by atoms with Crippen LogP contribution in [0.2, 0.25) is 0 Å². The summed E-state index contributed by atoms with van der Waals surface area (Å²) >= 11 is 0. The zero-order chi connectivity index (χ0) is 15.6. The number of rotatable bonds is 2. The number of aromatic amines is 1. The number of hydrogen-bond acceptors (Lipinski definition) is 4. The molecule has 0 spiro atoms. The van der Waals surface area contributed by atoms with E-state index in [1.165, 1.54) is 17.2 Å². The van der Waals surface area contributed by atoms with Crippen LogP contribution in [0.25, 0.3) is 0 Å². The molecule has 6 heteroatoms. The van der Waals surface area contributed by atoms with Crippen molar-refractivity contribution in [3.8, 4) is 0 Å². The van der Waals surface area contributed by atoms with E-state index in [4.69, 9.17) is 4.74 Å². The van der Waals surface area contributed by atoms with Crippen LogP contribution < -0.4 is 5.56 Å². The Balaban J connectivity index is 2.19. The molecule has 1 aliphatic rings. The minimum absolute atomic E-state index is 0.0490. The van der Waals surface area contributed by atoms with Crippen LogP contribution in [-0.2, 0) is 9.53 Å². The fourth-order valence-corrected chi connectivity index (χ4v) is 2.37. The second-order valence-electron chi connectivity index (χ2n) is 6.10. The first-order valence-electron chi connectivity index (χ1n) is 7.01. The zero-order valence-electron chi connectivity index (χ0n) is 12.5. The van der Waals surface area contributed by atoms with Gasteiger partial charge >= 0.3 is 5.97 Å². The highest BCUT2D eigenvalue weighted by Gasteiger charge is 2.37. The molecule has 1 aliphatic heterocycles. The largest absolute Gasteiger partial charge is 0.458 e.